The summed E-state index contributed by atoms with van der Waals surface area (Å²) in [5.74, 6) is -0.947. The fraction of sp³-hybridized carbons (Fsp3) is 0.294. The van der Waals surface area contributed by atoms with Gasteiger partial charge in [0.05, 0.1) is 19.3 Å². The minimum Gasteiger partial charge on any atom is -0.469 e. The Hall–Kier alpha value is -2.56. The van der Waals surface area contributed by atoms with Crippen molar-refractivity contribution in [2.75, 3.05) is 7.11 Å². The van der Waals surface area contributed by atoms with Crippen molar-refractivity contribution in [3.8, 4) is 0 Å². The van der Waals surface area contributed by atoms with E-state index in [9.17, 15) is 9.59 Å². The van der Waals surface area contributed by atoms with Crippen LogP contribution in [0.25, 0.3) is 0 Å². The molecule has 0 aliphatic carbocycles. The van der Waals surface area contributed by atoms with Gasteiger partial charge < -0.3 is 14.5 Å². The topological polar surface area (TPSA) is 68.5 Å². The molecule has 0 saturated carbocycles. The predicted octanol–water partition coefficient (Wildman–Crippen LogP) is 2.43. The molecule has 1 heterocycles. The molecule has 0 unspecified atom stereocenters. The summed E-state index contributed by atoms with van der Waals surface area (Å²) in [4.78, 5) is 24.1. The third-order valence-electron chi connectivity index (χ3n) is 3.51. The number of carbonyl (C=O) groups excluding carboxylic acids is 2. The Bertz CT molecular complexity index is 607. The molecule has 0 spiro atoms. The highest BCUT2D eigenvalue weighted by molar-refractivity contribution is 5.92. The molecule has 1 aromatic heterocycles. The molecule has 1 aromatic carbocycles. The first-order chi connectivity index (χ1) is 10.6. The molecule has 0 saturated heterocycles. The SMILES string of the molecule is COC(=O)[C@@H](Cc1ccccc1)[C@@H](C)NC(=O)c1ccco1. The zero-order valence-electron chi connectivity index (χ0n) is 12.6. The van der Waals surface area contributed by atoms with Crippen LogP contribution >= 0.6 is 0 Å². The molecule has 1 amide bonds. The van der Waals surface area contributed by atoms with Crippen LogP contribution in [0.4, 0.5) is 0 Å². The lowest BCUT2D eigenvalue weighted by Crippen LogP contribution is -2.42. The minimum absolute atomic E-state index is 0.218. The van der Waals surface area contributed by atoms with Crippen molar-refractivity contribution in [2.24, 2.45) is 5.92 Å². The lowest BCUT2D eigenvalue weighted by Gasteiger charge is -2.22. The molecular weight excluding hydrogens is 282 g/mol. The monoisotopic (exact) mass is 301 g/mol. The molecule has 22 heavy (non-hydrogen) atoms. The third-order valence-corrected chi connectivity index (χ3v) is 3.51. The highest BCUT2D eigenvalue weighted by atomic mass is 16.5. The van der Waals surface area contributed by atoms with E-state index in [0.29, 0.717) is 6.42 Å². The molecule has 5 heteroatoms. The summed E-state index contributed by atoms with van der Waals surface area (Å²) in [5, 5.41) is 2.78. The summed E-state index contributed by atoms with van der Waals surface area (Å²) in [5.41, 5.74) is 1.01. The zero-order valence-corrected chi connectivity index (χ0v) is 12.6. The van der Waals surface area contributed by atoms with E-state index in [1.807, 2.05) is 30.3 Å². The van der Waals surface area contributed by atoms with E-state index >= 15 is 0 Å². The maximum absolute atomic E-state index is 12.0. The van der Waals surface area contributed by atoms with Crippen molar-refractivity contribution in [3.63, 3.8) is 0 Å². The van der Waals surface area contributed by atoms with Gasteiger partial charge in [-0.3, -0.25) is 9.59 Å². The largest absolute Gasteiger partial charge is 0.469 e. The van der Waals surface area contributed by atoms with E-state index in [2.05, 4.69) is 5.32 Å². The van der Waals surface area contributed by atoms with E-state index in [4.69, 9.17) is 9.15 Å². The van der Waals surface area contributed by atoms with Gasteiger partial charge in [0, 0.05) is 6.04 Å². The Morgan fingerprint density at radius 2 is 1.91 bits per heavy atom. The lowest BCUT2D eigenvalue weighted by molar-refractivity contribution is -0.146. The van der Waals surface area contributed by atoms with Gasteiger partial charge in [-0.25, -0.2) is 0 Å². The van der Waals surface area contributed by atoms with Crippen molar-refractivity contribution in [2.45, 2.75) is 19.4 Å². The lowest BCUT2D eigenvalue weighted by atomic mass is 9.93. The van der Waals surface area contributed by atoms with E-state index in [1.54, 1.807) is 19.1 Å². The molecule has 0 radical (unpaired) electrons. The number of hydrogen-bond acceptors (Lipinski definition) is 4. The number of esters is 1. The number of nitrogens with one attached hydrogen (secondary N) is 1. The van der Waals surface area contributed by atoms with Crippen molar-refractivity contribution < 1.29 is 18.7 Å². The third kappa shape index (κ3) is 3.97. The average molecular weight is 301 g/mol. The first kappa shape index (κ1) is 15.8. The molecule has 0 bridgehead atoms. The van der Waals surface area contributed by atoms with Gasteiger partial charge in [-0.15, -0.1) is 0 Å². The van der Waals surface area contributed by atoms with Crippen LogP contribution in [0.2, 0.25) is 0 Å². The summed E-state index contributed by atoms with van der Waals surface area (Å²) >= 11 is 0. The van der Waals surface area contributed by atoms with Gasteiger partial charge in [-0.05, 0) is 31.0 Å². The summed E-state index contributed by atoms with van der Waals surface area (Å²) < 4.78 is 9.92. The second-order valence-corrected chi connectivity index (χ2v) is 5.06. The summed E-state index contributed by atoms with van der Waals surface area (Å²) in [6.45, 7) is 1.78. The van der Waals surface area contributed by atoms with Gasteiger partial charge in [0.2, 0.25) is 0 Å². The van der Waals surface area contributed by atoms with E-state index in [1.165, 1.54) is 13.4 Å². The van der Waals surface area contributed by atoms with Crippen LogP contribution < -0.4 is 5.32 Å². The van der Waals surface area contributed by atoms with Gasteiger partial charge in [0.15, 0.2) is 5.76 Å². The molecule has 1 N–H and O–H groups in total. The first-order valence-corrected chi connectivity index (χ1v) is 7.08. The molecule has 0 aliphatic rings. The molecule has 0 aliphatic heterocycles. The van der Waals surface area contributed by atoms with Crippen LogP contribution in [0, 0.1) is 5.92 Å². The van der Waals surface area contributed by atoms with Crippen LogP contribution in [0.1, 0.15) is 23.0 Å². The summed E-state index contributed by atoms with van der Waals surface area (Å²) in [6, 6.07) is 12.5. The fourth-order valence-electron chi connectivity index (χ4n) is 2.27. The van der Waals surface area contributed by atoms with Crippen molar-refractivity contribution in [1.82, 2.24) is 5.32 Å². The number of amides is 1. The quantitative estimate of drug-likeness (QED) is 0.832. The Morgan fingerprint density at radius 3 is 2.50 bits per heavy atom. The van der Waals surface area contributed by atoms with Crippen molar-refractivity contribution in [1.29, 1.82) is 0 Å². The van der Waals surface area contributed by atoms with Crippen LogP contribution in [0.3, 0.4) is 0 Å². The zero-order chi connectivity index (χ0) is 15.9. The highest BCUT2D eigenvalue weighted by Gasteiger charge is 2.28. The van der Waals surface area contributed by atoms with Gasteiger partial charge in [0.1, 0.15) is 0 Å². The summed E-state index contributed by atoms with van der Waals surface area (Å²) in [7, 11) is 1.35. The first-order valence-electron chi connectivity index (χ1n) is 7.08. The van der Waals surface area contributed by atoms with Crippen LogP contribution in [-0.4, -0.2) is 25.0 Å². The second-order valence-electron chi connectivity index (χ2n) is 5.06. The standard InChI is InChI=1S/C17H19NO4/c1-12(18-16(19)15-9-6-10-22-15)14(17(20)21-2)11-13-7-4-3-5-8-13/h3-10,12,14H,11H2,1-2H3,(H,18,19)/t12-,14+/m1/s1. The molecule has 2 rings (SSSR count). The average Bonchev–Trinajstić information content (AvgIpc) is 3.07. The fourth-order valence-corrected chi connectivity index (χ4v) is 2.27. The number of furan rings is 1. The molecule has 2 aromatic rings. The smallest absolute Gasteiger partial charge is 0.311 e. The van der Waals surface area contributed by atoms with Crippen LogP contribution in [-0.2, 0) is 16.0 Å². The van der Waals surface area contributed by atoms with Gasteiger partial charge >= 0.3 is 5.97 Å². The van der Waals surface area contributed by atoms with Gasteiger partial charge in [-0.2, -0.15) is 0 Å². The number of ether oxygens (including phenoxy) is 1. The maximum atomic E-state index is 12.0. The maximum Gasteiger partial charge on any atom is 0.311 e. The number of carbonyl (C=O) groups is 2. The Kier molecular flexibility index (Phi) is 5.36. The van der Waals surface area contributed by atoms with E-state index in [0.717, 1.165) is 5.56 Å². The van der Waals surface area contributed by atoms with Crippen LogP contribution in [0.15, 0.2) is 53.1 Å². The summed E-state index contributed by atoms with van der Waals surface area (Å²) in [6.07, 6.45) is 1.93. The van der Waals surface area contributed by atoms with Crippen molar-refractivity contribution >= 4 is 11.9 Å². The molecule has 2 atom stereocenters. The number of benzene rings is 1. The Labute approximate surface area is 129 Å². The van der Waals surface area contributed by atoms with Crippen molar-refractivity contribution in [3.05, 3.63) is 60.1 Å². The predicted molar refractivity (Wildman–Crippen MR) is 81.3 cm³/mol. The van der Waals surface area contributed by atoms with E-state index < -0.39 is 5.92 Å². The molecule has 5 nitrogen and oxygen atoms in total. The normalized spacial score (nSPS) is 13.2. The number of rotatable bonds is 6. The number of hydrogen-bond donors (Lipinski definition) is 1. The molecule has 0 fully saturated rings. The highest BCUT2D eigenvalue weighted by Crippen LogP contribution is 2.15. The minimum atomic E-state index is -0.466. The Balaban J connectivity index is 2.07. The number of methoxy groups -OCH3 is 1. The second kappa shape index (κ2) is 7.45. The van der Waals surface area contributed by atoms with E-state index in [-0.39, 0.29) is 23.7 Å². The Morgan fingerprint density at radius 1 is 1.18 bits per heavy atom. The van der Waals surface area contributed by atoms with Gasteiger partial charge in [0.25, 0.3) is 5.91 Å². The van der Waals surface area contributed by atoms with Crippen LogP contribution in [0.5, 0.6) is 0 Å². The van der Waals surface area contributed by atoms with Gasteiger partial charge in [-0.1, -0.05) is 30.3 Å². The molecular formula is C17H19NO4. The molecule has 116 valence electrons.